The maximum absolute atomic E-state index is 10.6. The first-order chi connectivity index (χ1) is 7.65. The quantitative estimate of drug-likeness (QED) is 0.794. The Morgan fingerprint density at radius 3 is 3.12 bits per heavy atom. The van der Waals surface area contributed by atoms with Crippen LogP contribution in [0.3, 0.4) is 0 Å². The molecule has 0 saturated carbocycles. The van der Waals surface area contributed by atoms with Crippen molar-refractivity contribution >= 4 is 28.7 Å². The van der Waals surface area contributed by atoms with Gasteiger partial charge in [-0.05, 0) is 24.6 Å². The summed E-state index contributed by atoms with van der Waals surface area (Å²) in [5.74, 6) is 0.383. The number of hydrogen-bond acceptors (Lipinski definition) is 3. The minimum Gasteiger partial charge on any atom is -0.370 e. The van der Waals surface area contributed by atoms with Crippen LogP contribution in [0.2, 0.25) is 0 Å². The SMILES string of the molecule is Cc1ccc2nc(SCCC(N)=O)[nH]c2c1. The highest BCUT2D eigenvalue weighted by molar-refractivity contribution is 7.99. The predicted octanol–water partition coefficient (Wildman–Crippen LogP) is 1.84. The summed E-state index contributed by atoms with van der Waals surface area (Å²) in [4.78, 5) is 18.2. The highest BCUT2D eigenvalue weighted by Crippen LogP contribution is 2.20. The molecule has 0 atom stereocenters. The Balaban J connectivity index is 2.10. The zero-order valence-electron chi connectivity index (χ0n) is 8.99. The molecule has 0 fully saturated rings. The molecule has 1 heterocycles. The first kappa shape index (κ1) is 11.0. The largest absolute Gasteiger partial charge is 0.370 e. The lowest BCUT2D eigenvalue weighted by atomic mass is 10.2. The number of rotatable bonds is 4. The van der Waals surface area contributed by atoms with Gasteiger partial charge in [-0.3, -0.25) is 4.79 Å². The number of aromatic amines is 1. The number of benzene rings is 1. The van der Waals surface area contributed by atoms with Crippen molar-refractivity contribution in [3.05, 3.63) is 23.8 Å². The number of H-pyrrole nitrogens is 1. The number of carbonyl (C=O) groups excluding carboxylic acids is 1. The average Bonchev–Trinajstić information content (AvgIpc) is 2.58. The van der Waals surface area contributed by atoms with E-state index in [1.165, 1.54) is 17.3 Å². The van der Waals surface area contributed by atoms with Crippen LogP contribution >= 0.6 is 11.8 Å². The molecule has 0 bridgehead atoms. The molecular weight excluding hydrogens is 222 g/mol. The first-order valence-corrected chi connectivity index (χ1v) is 6.01. The molecule has 0 spiro atoms. The van der Waals surface area contributed by atoms with Crippen molar-refractivity contribution in [1.82, 2.24) is 9.97 Å². The zero-order valence-corrected chi connectivity index (χ0v) is 9.80. The standard InChI is InChI=1S/C11H13N3OS/c1-7-2-3-8-9(6-7)14-11(13-8)16-5-4-10(12)15/h2-3,6H,4-5H2,1H3,(H2,12,15)(H,13,14). The number of aromatic nitrogens is 2. The second kappa shape index (κ2) is 4.57. The molecule has 0 aliphatic carbocycles. The molecule has 0 aliphatic rings. The number of hydrogen-bond donors (Lipinski definition) is 2. The van der Waals surface area contributed by atoms with Crippen LogP contribution in [0.5, 0.6) is 0 Å². The van der Waals surface area contributed by atoms with E-state index in [0.717, 1.165) is 16.2 Å². The van der Waals surface area contributed by atoms with Crippen molar-refractivity contribution in [3.63, 3.8) is 0 Å². The van der Waals surface area contributed by atoms with E-state index in [9.17, 15) is 4.79 Å². The van der Waals surface area contributed by atoms with E-state index in [1.54, 1.807) is 0 Å². The van der Waals surface area contributed by atoms with Gasteiger partial charge in [0.25, 0.3) is 0 Å². The van der Waals surface area contributed by atoms with Gasteiger partial charge in [0.05, 0.1) is 11.0 Å². The molecule has 0 radical (unpaired) electrons. The number of primary amides is 1. The number of nitrogens with zero attached hydrogens (tertiary/aromatic N) is 1. The average molecular weight is 235 g/mol. The van der Waals surface area contributed by atoms with Crippen molar-refractivity contribution in [3.8, 4) is 0 Å². The van der Waals surface area contributed by atoms with Gasteiger partial charge in [0.1, 0.15) is 0 Å². The van der Waals surface area contributed by atoms with E-state index in [-0.39, 0.29) is 5.91 Å². The molecule has 0 saturated heterocycles. The number of amides is 1. The number of imidazole rings is 1. The summed E-state index contributed by atoms with van der Waals surface area (Å²) in [6, 6.07) is 6.07. The Bertz CT molecular complexity index is 521. The van der Waals surface area contributed by atoms with Gasteiger partial charge < -0.3 is 10.7 Å². The Kier molecular flexibility index (Phi) is 3.14. The van der Waals surface area contributed by atoms with Crippen molar-refractivity contribution in [2.24, 2.45) is 5.73 Å². The molecule has 1 aromatic carbocycles. The second-order valence-electron chi connectivity index (χ2n) is 3.63. The van der Waals surface area contributed by atoms with Crippen LogP contribution in [0.25, 0.3) is 11.0 Å². The molecular formula is C11H13N3OS. The van der Waals surface area contributed by atoms with Gasteiger partial charge in [-0.15, -0.1) is 0 Å². The molecule has 2 aromatic rings. The van der Waals surface area contributed by atoms with E-state index < -0.39 is 0 Å². The summed E-state index contributed by atoms with van der Waals surface area (Å²) in [5, 5.41) is 0.835. The van der Waals surface area contributed by atoms with Gasteiger partial charge in [0.2, 0.25) is 5.91 Å². The van der Waals surface area contributed by atoms with Crippen molar-refractivity contribution < 1.29 is 4.79 Å². The highest BCUT2D eigenvalue weighted by Gasteiger charge is 2.03. The second-order valence-corrected chi connectivity index (χ2v) is 4.71. The smallest absolute Gasteiger partial charge is 0.218 e. The molecule has 5 heteroatoms. The fraction of sp³-hybridized carbons (Fsp3) is 0.273. The van der Waals surface area contributed by atoms with Gasteiger partial charge in [0.15, 0.2) is 5.16 Å². The molecule has 0 unspecified atom stereocenters. The lowest BCUT2D eigenvalue weighted by Gasteiger charge is -1.93. The third-order valence-corrected chi connectivity index (χ3v) is 3.08. The Labute approximate surface area is 97.6 Å². The normalized spacial score (nSPS) is 10.8. The van der Waals surface area contributed by atoms with Crippen molar-refractivity contribution in [1.29, 1.82) is 0 Å². The maximum atomic E-state index is 10.6. The molecule has 2 rings (SSSR count). The number of carbonyl (C=O) groups is 1. The summed E-state index contributed by atoms with van der Waals surface area (Å²) in [5.41, 5.74) is 8.25. The molecule has 1 aromatic heterocycles. The number of nitrogens with one attached hydrogen (secondary N) is 1. The number of fused-ring (bicyclic) bond motifs is 1. The third kappa shape index (κ3) is 2.55. The minimum absolute atomic E-state index is 0.278. The third-order valence-electron chi connectivity index (χ3n) is 2.20. The van der Waals surface area contributed by atoms with E-state index in [0.29, 0.717) is 12.2 Å². The van der Waals surface area contributed by atoms with E-state index in [1.807, 2.05) is 19.1 Å². The summed E-state index contributed by atoms with van der Waals surface area (Å²) in [6.07, 6.45) is 0.376. The maximum Gasteiger partial charge on any atom is 0.218 e. The lowest BCUT2D eigenvalue weighted by Crippen LogP contribution is -2.10. The van der Waals surface area contributed by atoms with E-state index in [2.05, 4.69) is 16.0 Å². The summed E-state index contributed by atoms with van der Waals surface area (Å²) in [6.45, 7) is 2.04. The molecule has 0 aliphatic heterocycles. The summed E-state index contributed by atoms with van der Waals surface area (Å²) in [7, 11) is 0. The summed E-state index contributed by atoms with van der Waals surface area (Å²) < 4.78 is 0. The lowest BCUT2D eigenvalue weighted by molar-refractivity contribution is -0.117. The fourth-order valence-corrected chi connectivity index (χ4v) is 2.26. The predicted molar refractivity (Wildman–Crippen MR) is 65.4 cm³/mol. The van der Waals surface area contributed by atoms with Gasteiger partial charge in [-0.2, -0.15) is 0 Å². The topological polar surface area (TPSA) is 71.8 Å². The highest BCUT2D eigenvalue weighted by atomic mass is 32.2. The van der Waals surface area contributed by atoms with Crippen LogP contribution in [0.15, 0.2) is 23.4 Å². The number of nitrogens with two attached hydrogens (primary N) is 1. The van der Waals surface area contributed by atoms with Gasteiger partial charge in [0, 0.05) is 12.2 Å². The fourth-order valence-electron chi connectivity index (χ4n) is 1.42. The van der Waals surface area contributed by atoms with E-state index in [4.69, 9.17) is 5.73 Å². The molecule has 3 N–H and O–H groups in total. The summed E-state index contributed by atoms with van der Waals surface area (Å²) >= 11 is 1.51. The minimum atomic E-state index is -0.278. The first-order valence-electron chi connectivity index (χ1n) is 5.02. The monoisotopic (exact) mass is 235 g/mol. The molecule has 1 amide bonds. The number of thioether (sulfide) groups is 1. The Morgan fingerprint density at radius 1 is 1.56 bits per heavy atom. The zero-order chi connectivity index (χ0) is 11.5. The molecule has 16 heavy (non-hydrogen) atoms. The molecule has 84 valence electrons. The van der Waals surface area contributed by atoms with Crippen LogP contribution in [0.4, 0.5) is 0 Å². The van der Waals surface area contributed by atoms with Crippen LogP contribution in [-0.2, 0) is 4.79 Å². The Hall–Kier alpha value is -1.49. The number of aryl methyl sites for hydroxylation is 1. The van der Waals surface area contributed by atoms with Crippen molar-refractivity contribution in [2.45, 2.75) is 18.5 Å². The van der Waals surface area contributed by atoms with Crippen LogP contribution in [-0.4, -0.2) is 21.6 Å². The Morgan fingerprint density at radius 2 is 2.38 bits per heavy atom. The van der Waals surface area contributed by atoms with Gasteiger partial charge in [-0.25, -0.2) is 4.98 Å². The van der Waals surface area contributed by atoms with Crippen molar-refractivity contribution in [2.75, 3.05) is 5.75 Å². The van der Waals surface area contributed by atoms with Crippen LogP contribution < -0.4 is 5.73 Å². The molecule has 4 nitrogen and oxygen atoms in total. The van der Waals surface area contributed by atoms with Gasteiger partial charge >= 0.3 is 0 Å². The van der Waals surface area contributed by atoms with Crippen LogP contribution in [0, 0.1) is 6.92 Å². The van der Waals surface area contributed by atoms with Crippen LogP contribution in [0.1, 0.15) is 12.0 Å². The van der Waals surface area contributed by atoms with Gasteiger partial charge in [-0.1, -0.05) is 17.8 Å². The van der Waals surface area contributed by atoms with E-state index >= 15 is 0 Å².